The summed E-state index contributed by atoms with van der Waals surface area (Å²) in [6, 6.07) is 13.6. The predicted octanol–water partition coefficient (Wildman–Crippen LogP) is 6.00. The molecule has 0 fully saturated rings. The Balaban J connectivity index is 1.88. The van der Waals surface area contributed by atoms with Crippen molar-refractivity contribution < 1.29 is 4.74 Å². The Hall–Kier alpha value is -1.38. The fourth-order valence-electron chi connectivity index (χ4n) is 2.09. The van der Waals surface area contributed by atoms with Crippen LogP contribution in [0.15, 0.2) is 42.5 Å². The molecule has 0 heterocycles. The lowest BCUT2D eigenvalue weighted by molar-refractivity contribution is 0.234. The normalized spacial score (nSPS) is 12.3. The van der Waals surface area contributed by atoms with E-state index in [2.05, 4.69) is 31.3 Å². The first-order valence-electron chi connectivity index (χ1n) is 7.41. The van der Waals surface area contributed by atoms with E-state index in [1.807, 2.05) is 31.2 Å². The molecule has 0 aliphatic heterocycles. The zero-order chi connectivity index (χ0) is 16.1. The summed E-state index contributed by atoms with van der Waals surface area (Å²) in [4.78, 5) is 0. The second-order valence-electron chi connectivity index (χ2n) is 5.66. The Morgan fingerprint density at radius 1 is 1.00 bits per heavy atom. The highest BCUT2D eigenvalue weighted by molar-refractivity contribution is 6.36. The molecule has 1 unspecified atom stereocenters. The number of nitrogens with one attached hydrogen (secondary N) is 1. The van der Waals surface area contributed by atoms with Gasteiger partial charge in [0.15, 0.2) is 0 Å². The van der Waals surface area contributed by atoms with Crippen molar-refractivity contribution in [2.75, 3.05) is 11.9 Å². The minimum absolute atomic E-state index is 0.0247. The highest BCUT2D eigenvalue weighted by atomic mass is 35.5. The minimum atomic E-state index is 0.0247. The van der Waals surface area contributed by atoms with E-state index in [9.17, 15) is 0 Å². The average molecular weight is 338 g/mol. The van der Waals surface area contributed by atoms with Crippen LogP contribution >= 0.6 is 23.2 Å². The number of rotatable bonds is 6. The number of benzene rings is 2. The molecule has 0 aromatic heterocycles. The third-order valence-corrected chi connectivity index (χ3v) is 3.94. The van der Waals surface area contributed by atoms with Gasteiger partial charge in [0.2, 0.25) is 0 Å². The van der Waals surface area contributed by atoms with Crippen LogP contribution in [-0.4, -0.2) is 12.6 Å². The van der Waals surface area contributed by atoms with Crippen molar-refractivity contribution in [2.24, 2.45) is 0 Å². The number of hydrogen-bond donors (Lipinski definition) is 1. The molecule has 0 saturated heterocycles. The Kier molecular flexibility index (Phi) is 5.98. The highest BCUT2D eigenvalue weighted by Crippen LogP contribution is 2.25. The average Bonchev–Trinajstić information content (AvgIpc) is 2.47. The smallest absolute Gasteiger partial charge is 0.119 e. The Bertz CT molecular complexity index is 611. The van der Waals surface area contributed by atoms with Gasteiger partial charge in [-0.05, 0) is 48.7 Å². The lowest BCUT2D eigenvalue weighted by atomic mass is 10.0. The van der Waals surface area contributed by atoms with E-state index >= 15 is 0 Å². The van der Waals surface area contributed by atoms with Gasteiger partial charge in [-0.25, -0.2) is 0 Å². The molecule has 0 aliphatic carbocycles. The maximum Gasteiger partial charge on any atom is 0.119 e. The predicted molar refractivity (Wildman–Crippen MR) is 95.6 cm³/mol. The Morgan fingerprint density at radius 3 is 2.27 bits per heavy atom. The maximum atomic E-state index is 6.13. The largest absolute Gasteiger partial charge is 0.489 e. The first-order valence-corrected chi connectivity index (χ1v) is 8.17. The zero-order valence-corrected chi connectivity index (χ0v) is 14.6. The lowest BCUT2D eigenvalue weighted by Gasteiger charge is -2.17. The van der Waals surface area contributed by atoms with Crippen molar-refractivity contribution in [3.63, 3.8) is 0 Å². The van der Waals surface area contributed by atoms with Gasteiger partial charge in [0.05, 0.1) is 17.3 Å². The molecule has 4 heteroatoms. The molecule has 2 rings (SSSR count). The number of anilines is 1. The van der Waals surface area contributed by atoms with Crippen molar-refractivity contribution in [3.8, 4) is 5.75 Å². The summed E-state index contributed by atoms with van der Waals surface area (Å²) in [5.74, 6) is 1.40. The van der Waals surface area contributed by atoms with Crippen molar-refractivity contribution >= 4 is 28.9 Å². The molecule has 2 nitrogen and oxygen atoms in total. The molecule has 1 N–H and O–H groups in total. The standard InChI is InChI=1S/C18H21Cl2NO/c1-12(2)14-4-7-16(8-5-14)22-13(3)11-21-18-9-6-15(19)10-17(18)20/h4-10,12-13,21H,11H2,1-3H3. The molecule has 0 saturated carbocycles. The molecule has 0 amide bonds. The van der Waals surface area contributed by atoms with Crippen molar-refractivity contribution in [1.29, 1.82) is 0 Å². The molecule has 22 heavy (non-hydrogen) atoms. The van der Waals surface area contributed by atoms with Gasteiger partial charge in [0.25, 0.3) is 0 Å². The fraction of sp³-hybridized carbons (Fsp3) is 0.333. The van der Waals surface area contributed by atoms with E-state index in [1.165, 1.54) is 5.56 Å². The molecule has 0 aliphatic rings. The zero-order valence-electron chi connectivity index (χ0n) is 13.1. The van der Waals surface area contributed by atoms with Crippen LogP contribution in [0.2, 0.25) is 10.0 Å². The van der Waals surface area contributed by atoms with E-state index in [0.29, 0.717) is 22.5 Å². The molecule has 2 aromatic rings. The van der Waals surface area contributed by atoms with Gasteiger partial charge in [-0.1, -0.05) is 49.2 Å². The monoisotopic (exact) mass is 337 g/mol. The van der Waals surface area contributed by atoms with E-state index in [0.717, 1.165) is 11.4 Å². The molecule has 118 valence electrons. The van der Waals surface area contributed by atoms with Gasteiger partial charge in [-0.15, -0.1) is 0 Å². The van der Waals surface area contributed by atoms with Crippen LogP contribution in [-0.2, 0) is 0 Å². The Labute approximate surface area is 142 Å². The first-order chi connectivity index (χ1) is 10.5. The molecule has 0 spiro atoms. The van der Waals surface area contributed by atoms with Crippen LogP contribution in [0.1, 0.15) is 32.3 Å². The second-order valence-corrected chi connectivity index (χ2v) is 6.50. The van der Waals surface area contributed by atoms with Crippen LogP contribution in [0.25, 0.3) is 0 Å². The van der Waals surface area contributed by atoms with Crippen LogP contribution in [0.5, 0.6) is 5.75 Å². The fourth-order valence-corrected chi connectivity index (χ4v) is 2.57. The summed E-state index contributed by atoms with van der Waals surface area (Å²) < 4.78 is 5.90. The van der Waals surface area contributed by atoms with Gasteiger partial charge in [0, 0.05) is 5.02 Å². The van der Waals surface area contributed by atoms with Gasteiger partial charge >= 0.3 is 0 Å². The molecule has 1 atom stereocenters. The summed E-state index contributed by atoms with van der Waals surface area (Å²) in [5.41, 5.74) is 2.17. The van der Waals surface area contributed by atoms with Gasteiger partial charge in [0.1, 0.15) is 11.9 Å². The SMILES string of the molecule is CC(CNc1ccc(Cl)cc1Cl)Oc1ccc(C(C)C)cc1. The van der Waals surface area contributed by atoms with Crippen molar-refractivity contribution in [3.05, 3.63) is 58.1 Å². The maximum absolute atomic E-state index is 6.13. The summed E-state index contributed by atoms with van der Waals surface area (Å²) >= 11 is 12.0. The van der Waals surface area contributed by atoms with E-state index in [4.69, 9.17) is 27.9 Å². The molecular formula is C18H21Cl2NO. The van der Waals surface area contributed by atoms with Gasteiger partial charge in [-0.2, -0.15) is 0 Å². The molecule has 0 bridgehead atoms. The summed E-state index contributed by atoms with van der Waals surface area (Å²) in [5, 5.41) is 4.52. The topological polar surface area (TPSA) is 21.3 Å². The summed E-state index contributed by atoms with van der Waals surface area (Å²) in [6.45, 7) is 7.04. The highest BCUT2D eigenvalue weighted by Gasteiger charge is 2.07. The van der Waals surface area contributed by atoms with Crippen LogP contribution in [0.4, 0.5) is 5.69 Å². The second kappa shape index (κ2) is 7.75. The lowest BCUT2D eigenvalue weighted by Crippen LogP contribution is -2.22. The third-order valence-electron chi connectivity index (χ3n) is 3.40. The van der Waals surface area contributed by atoms with E-state index in [1.54, 1.807) is 6.07 Å². The van der Waals surface area contributed by atoms with Crippen molar-refractivity contribution in [2.45, 2.75) is 32.8 Å². The minimum Gasteiger partial charge on any atom is -0.489 e. The first kappa shape index (κ1) is 17.0. The Morgan fingerprint density at radius 2 is 1.68 bits per heavy atom. The molecule has 2 aromatic carbocycles. The van der Waals surface area contributed by atoms with Crippen molar-refractivity contribution in [1.82, 2.24) is 0 Å². The van der Waals surface area contributed by atoms with E-state index in [-0.39, 0.29) is 6.10 Å². The summed E-state index contributed by atoms with van der Waals surface area (Å²) in [6.07, 6.45) is 0.0247. The number of ether oxygens (including phenoxy) is 1. The van der Waals surface area contributed by atoms with Crippen LogP contribution in [0, 0.1) is 0 Å². The number of hydrogen-bond acceptors (Lipinski definition) is 2. The van der Waals surface area contributed by atoms with Crippen LogP contribution in [0.3, 0.4) is 0 Å². The quantitative estimate of drug-likeness (QED) is 0.698. The molecule has 0 radical (unpaired) electrons. The van der Waals surface area contributed by atoms with Gasteiger partial charge in [-0.3, -0.25) is 0 Å². The third kappa shape index (κ3) is 4.82. The van der Waals surface area contributed by atoms with E-state index < -0.39 is 0 Å². The number of halogens is 2. The molecular weight excluding hydrogens is 317 g/mol. The summed E-state index contributed by atoms with van der Waals surface area (Å²) in [7, 11) is 0. The van der Waals surface area contributed by atoms with Crippen LogP contribution < -0.4 is 10.1 Å². The van der Waals surface area contributed by atoms with Gasteiger partial charge < -0.3 is 10.1 Å².